The lowest BCUT2D eigenvalue weighted by atomic mass is 10.2. The van der Waals surface area contributed by atoms with Crippen LogP contribution in [0.4, 0.5) is 11.5 Å². The molecule has 0 aliphatic carbocycles. The van der Waals surface area contributed by atoms with Crippen molar-refractivity contribution >= 4 is 32.0 Å². The van der Waals surface area contributed by atoms with Gasteiger partial charge in [0.25, 0.3) is 5.69 Å². The molecule has 3 rings (SSSR count). The van der Waals surface area contributed by atoms with Crippen LogP contribution in [-0.2, 0) is 9.73 Å². The Hall–Kier alpha value is -2.80. The van der Waals surface area contributed by atoms with Crippen LogP contribution in [-0.4, -0.2) is 20.4 Å². The number of non-ortho nitro benzene ring substituents is 1. The first kappa shape index (κ1) is 15.1. The average molecular weight is 327 g/mol. The highest BCUT2D eigenvalue weighted by molar-refractivity contribution is 7.93. The second-order valence-electron chi connectivity index (χ2n) is 5.00. The van der Waals surface area contributed by atoms with Gasteiger partial charge in [0.2, 0.25) is 0 Å². The second-order valence-corrected chi connectivity index (χ2v) is 7.26. The molecule has 0 saturated heterocycles. The Balaban J connectivity index is 2.12. The highest BCUT2D eigenvalue weighted by atomic mass is 32.2. The number of pyridine rings is 1. The lowest BCUT2D eigenvalue weighted by Gasteiger charge is -2.06. The van der Waals surface area contributed by atoms with Crippen LogP contribution in [0.25, 0.3) is 10.8 Å². The Morgan fingerprint density at radius 3 is 2.48 bits per heavy atom. The van der Waals surface area contributed by atoms with E-state index in [1.54, 1.807) is 6.20 Å². The summed E-state index contributed by atoms with van der Waals surface area (Å²) in [5, 5.41) is 12.5. The van der Waals surface area contributed by atoms with E-state index in [2.05, 4.69) is 9.35 Å². The van der Waals surface area contributed by atoms with Crippen molar-refractivity contribution in [3.8, 4) is 0 Å². The van der Waals surface area contributed by atoms with Gasteiger partial charge in [-0.15, -0.1) is 0 Å². The zero-order chi connectivity index (χ0) is 16.4. The maximum Gasteiger partial charge on any atom is 0.269 e. The third kappa shape index (κ3) is 3.04. The van der Waals surface area contributed by atoms with Crippen molar-refractivity contribution in [2.45, 2.75) is 4.90 Å². The van der Waals surface area contributed by atoms with Crippen LogP contribution < -0.4 is 0 Å². The fraction of sp³-hybridized carbons (Fsp3) is 0.0625. The standard InChI is InChI=1S/C16H13N3O3S/c1-23(22,14-8-6-13(7-9-14)19(20)21)18-16-15-5-3-2-4-12(15)10-11-17-16/h2-11H,1H3. The molecule has 1 heterocycles. The molecule has 0 bridgehead atoms. The number of hydrogen-bond donors (Lipinski definition) is 0. The minimum absolute atomic E-state index is 0.0489. The summed E-state index contributed by atoms with van der Waals surface area (Å²) in [5.41, 5.74) is -0.0489. The molecule has 7 heteroatoms. The number of nitrogens with zero attached hydrogens (tertiary/aromatic N) is 3. The van der Waals surface area contributed by atoms with E-state index >= 15 is 0 Å². The van der Waals surface area contributed by atoms with Crippen molar-refractivity contribution in [1.29, 1.82) is 0 Å². The molecular formula is C16H13N3O3S. The van der Waals surface area contributed by atoms with Gasteiger partial charge in [-0.1, -0.05) is 24.3 Å². The Morgan fingerprint density at radius 1 is 1.09 bits per heavy atom. The number of benzene rings is 2. The van der Waals surface area contributed by atoms with Crippen LogP contribution in [0.3, 0.4) is 0 Å². The largest absolute Gasteiger partial charge is 0.269 e. The minimum atomic E-state index is -2.76. The van der Waals surface area contributed by atoms with Crippen LogP contribution in [0.5, 0.6) is 0 Å². The highest BCUT2D eigenvalue weighted by Crippen LogP contribution is 2.26. The van der Waals surface area contributed by atoms with E-state index in [9.17, 15) is 14.3 Å². The third-order valence-corrected chi connectivity index (χ3v) is 5.07. The number of aromatic nitrogens is 1. The van der Waals surface area contributed by atoms with Gasteiger partial charge in [-0.2, -0.15) is 4.36 Å². The molecule has 0 spiro atoms. The Bertz CT molecular complexity index is 1000. The van der Waals surface area contributed by atoms with Gasteiger partial charge in [-0.3, -0.25) is 10.1 Å². The lowest BCUT2D eigenvalue weighted by molar-refractivity contribution is -0.384. The lowest BCUT2D eigenvalue weighted by Crippen LogP contribution is -1.98. The van der Waals surface area contributed by atoms with Gasteiger partial charge < -0.3 is 0 Å². The maximum atomic E-state index is 12.9. The van der Waals surface area contributed by atoms with Gasteiger partial charge in [0.1, 0.15) is 0 Å². The summed E-state index contributed by atoms with van der Waals surface area (Å²) in [5.74, 6) is 0.397. The van der Waals surface area contributed by atoms with Crippen molar-refractivity contribution < 1.29 is 9.13 Å². The molecule has 6 nitrogen and oxygen atoms in total. The predicted octanol–water partition coefficient (Wildman–Crippen LogP) is 3.93. The quantitative estimate of drug-likeness (QED) is 0.539. The fourth-order valence-electron chi connectivity index (χ4n) is 2.21. The van der Waals surface area contributed by atoms with E-state index < -0.39 is 14.7 Å². The first-order chi connectivity index (χ1) is 11.0. The average Bonchev–Trinajstić information content (AvgIpc) is 2.55. The number of rotatable bonds is 3. The highest BCUT2D eigenvalue weighted by Gasteiger charge is 2.11. The van der Waals surface area contributed by atoms with E-state index in [1.807, 2.05) is 30.3 Å². The molecule has 0 aliphatic rings. The van der Waals surface area contributed by atoms with E-state index in [1.165, 1.54) is 30.5 Å². The van der Waals surface area contributed by atoms with Crippen molar-refractivity contribution in [2.24, 2.45) is 4.36 Å². The molecular weight excluding hydrogens is 314 g/mol. The van der Waals surface area contributed by atoms with Crippen LogP contribution in [0.15, 0.2) is 70.1 Å². The van der Waals surface area contributed by atoms with E-state index in [-0.39, 0.29) is 5.69 Å². The smallest absolute Gasteiger partial charge is 0.258 e. The van der Waals surface area contributed by atoms with Crippen molar-refractivity contribution in [3.05, 3.63) is 70.9 Å². The summed E-state index contributed by atoms with van der Waals surface area (Å²) >= 11 is 0. The normalized spacial score (nSPS) is 13.4. The number of hydrogen-bond acceptors (Lipinski definition) is 5. The van der Waals surface area contributed by atoms with Crippen LogP contribution in [0.1, 0.15) is 0 Å². The minimum Gasteiger partial charge on any atom is -0.258 e. The van der Waals surface area contributed by atoms with Gasteiger partial charge in [0.05, 0.1) is 14.7 Å². The molecule has 1 atom stereocenters. The molecule has 116 valence electrons. The van der Waals surface area contributed by atoms with Crippen molar-refractivity contribution in [2.75, 3.05) is 6.26 Å². The van der Waals surface area contributed by atoms with E-state index in [0.717, 1.165) is 10.8 Å². The summed E-state index contributed by atoms with van der Waals surface area (Å²) in [6.45, 7) is 0. The predicted molar refractivity (Wildman–Crippen MR) is 89.3 cm³/mol. The van der Waals surface area contributed by atoms with E-state index in [0.29, 0.717) is 10.7 Å². The molecule has 0 N–H and O–H groups in total. The van der Waals surface area contributed by atoms with Gasteiger partial charge >= 0.3 is 0 Å². The molecule has 0 amide bonds. The Morgan fingerprint density at radius 2 is 1.78 bits per heavy atom. The first-order valence-corrected chi connectivity index (χ1v) is 8.70. The van der Waals surface area contributed by atoms with Crippen LogP contribution in [0.2, 0.25) is 0 Å². The summed E-state index contributed by atoms with van der Waals surface area (Å²) in [6, 6.07) is 15.0. The zero-order valence-electron chi connectivity index (χ0n) is 12.2. The van der Waals surface area contributed by atoms with Crippen LogP contribution >= 0.6 is 0 Å². The second kappa shape index (κ2) is 5.77. The van der Waals surface area contributed by atoms with Gasteiger partial charge in [0, 0.05) is 34.9 Å². The monoisotopic (exact) mass is 327 g/mol. The van der Waals surface area contributed by atoms with Crippen molar-refractivity contribution in [3.63, 3.8) is 0 Å². The third-order valence-electron chi connectivity index (χ3n) is 3.40. The molecule has 23 heavy (non-hydrogen) atoms. The molecule has 1 aromatic heterocycles. The number of nitro groups is 1. The summed E-state index contributed by atoms with van der Waals surface area (Å²) < 4.78 is 17.2. The molecule has 1 unspecified atom stereocenters. The first-order valence-electron chi connectivity index (χ1n) is 6.78. The summed E-state index contributed by atoms with van der Waals surface area (Å²) in [4.78, 5) is 14.8. The van der Waals surface area contributed by atoms with Gasteiger partial charge in [-0.05, 0) is 23.6 Å². The molecule has 0 radical (unpaired) electrons. The molecule has 2 aromatic carbocycles. The van der Waals surface area contributed by atoms with Crippen molar-refractivity contribution in [1.82, 2.24) is 4.98 Å². The van der Waals surface area contributed by atoms with E-state index in [4.69, 9.17) is 0 Å². The zero-order valence-corrected chi connectivity index (χ0v) is 13.1. The topological polar surface area (TPSA) is 85.5 Å². The number of fused-ring (bicyclic) bond motifs is 1. The SMILES string of the molecule is CS(=O)(=Nc1nccc2ccccc12)c1ccc([N+](=O)[O-])cc1. The Kier molecular flexibility index (Phi) is 3.79. The maximum absolute atomic E-state index is 12.9. The van der Waals surface area contributed by atoms with Gasteiger partial charge in [0.15, 0.2) is 5.82 Å². The molecule has 3 aromatic rings. The Labute approximate surface area is 133 Å². The van der Waals surface area contributed by atoms with Gasteiger partial charge in [-0.25, -0.2) is 9.19 Å². The summed E-state index contributed by atoms with van der Waals surface area (Å²) in [6.07, 6.45) is 3.12. The molecule has 0 aliphatic heterocycles. The number of nitro benzene ring substituents is 1. The molecule has 0 fully saturated rings. The summed E-state index contributed by atoms with van der Waals surface area (Å²) in [7, 11) is -2.76. The fourth-order valence-corrected chi connectivity index (χ4v) is 3.44. The van der Waals surface area contributed by atoms with Crippen LogP contribution in [0, 0.1) is 10.1 Å². The molecule has 0 saturated carbocycles.